The number of sulfonamides is 1. The minimum absolute atomic E-state index is 0.150. The molecule has 1 fully saturated rings. The number of benzene rings is 2. The lowest BCUT2D eigenvalue weighted by Gasteiger charge is -2.30. The Morgan fingerprint density at radius 1 is 1.03 bits per heavy atom. The Kier molecular flexibility index (Phi) is 7.88. The molecule has 0 spiro atoms. The lowest BCUT2D eigenvalue weighted by molar-refractivity contribution is -0.152. The summed E-state index contributed by atoms with van der Waals surface area (Å²) in [6.07, 6.45) is -0.379. The SMILES string of the molecule is CC(=O)Nc1ccc(C(=O)C(C)OC(=O)C2CCN(S(=O)(=O)c3ccc(Cl)cc3)CC2)cc1. The largest absolute Gasteiger partial charge is 0.454 e. The molecule has 1 aliphatic heterocycles. The van der Waals surface area contributed by atoms with Gasteiger partial charge in [0.05, 0.1) is 10.8 Å². The van der Waals surface area contributed by atoms with Crippen molar-refractivity contribution < 1.29 is 27.5 Å². The molecular weight excluding hydrogens is 468 g/mol. The highest BCUT2D eigenvalue weighted by Crippen LogP contribution is 2.26. The van der Waals surface area contributed by atoms with E-state index in [1.54, 1.807) is 24.3 Å². The van der Waals surface area contributed by atoms with Crippen LogP contribution < -0.4 is 5.32 Å². The van der Waals surface area contributed by atoms with Crippen molar-refractivity contribution in [2.24, 2.45) is 5.92 Å². The van der Waals surface area contributed by atoms with E-state index in [-0.39, 0.29) is 29.7 Å². The fraction of sp³-hybridized carbons (Fsp3) is 0.348. The van der Waals surface area contributed by atoms with Crippen LogP contribution in [0.25, 0.3) is 0 Å². The highest BCUT2D eigenvalue weighted by molar-refractivity contribution is 7.89. The molecule has 8 nitrogen and oxygen atoms in total. The van der Waals surface area contributed by atoms with E-state index >= 15 is 0 Å². The fourth-order valence-corrected chi connectivity index (χ4v) is 5.16. The standard InChI is InChI=1S/C23H25ClN2O6S/c1-15(22(28)17-3-7-20(8-4-17)25-16(2)27)32-23(29)18-11-13-26(14-12-18)33(30,31)21-9-5-19(24)6-10-21/h3-10,15,18H,11-14H2,1-2H3,(H,25,27). The smallest absolute Gasteiger partial charge is 0.309 e. The summed E-state index contributed by atoms with van der Waals surface area (Å²) >= 11 is 5.83. The van der Waals surface area contributed by atoms with Crippen molar-refractivity contribution in [2.75, 3.05) is 18.4 Å². The van der Waals surface area contributed by atoms with Crippen molar-refractivity contribution in [3.63, 3.8) is 0 Å². The summed E-state index contributed by atoms with van der Waals surface area (Å²) in [5.74, 6) is -1.59. The highest BCUT2D eigenvalue weighted by Gasteiger charge is 2.34. The molecule has 0 bridgehead atoms. The lowest BCUT2D eigenvalue weighted by Crippen LogP contribution is -2.41. The van der Waals surface area contributed by atoms with E-state index in [0.29, 0.717) is 29.1 Å². The van der Waals surface area contributed by atoms with Crippen LogP contribution in [0, 0.1) is 5.92 Å². The molecule has 1 N–H and O–H groups in total. The number of esters is 1. The molecule has 1 aliphatic rings. The van der Waals surface area contributed by atoms with Gasteiger partial charge in [0.2, 0.25) is 21.7 Å². The molecule has 1 amide bonds. The summed E-state index contributed by atoms with van der Waals surface area (Å²) in [7, 11) is -3.67. The van der Waals surface area contributed by atoms with E-state index in [0.717, 1.165) is 0 Å². The van der Waals surface area contributed by atoms with Crippen LogP contribution in [0.4, 0.5) is 5.69 Å². The lowest BCUT2D eigenvalue weighted by atomic mass is 9.98. The average Bonchev–Trinajstić information content (AvgIpc) is 2.79. The number of nitrogens with zero attached hydrogens (tertiary/aromatic N) is 1. The molecule has 0 saturated carbocycles. The van der Waals surface area contributed by atoms with Gasteiger partial charge in [-0.2, -0.15) is 4.31 Å². The van der Waals surface area contributed by atoms with Crippen LogP contribution >= 0.6 is 11.6 Å². The summed E-state index contributed by atoms with van der Waals surface area (Å²) in [5.41, 5.74) is 0.914. The first-order valence-electron chi connectivity index (χ1n) is 10.5. The number of rotatable bonds is 7. The van der Waals surface area contributed by atoms with E-state index in [9.17, 15) is 22.8 Å². The zero-order valence-electron chi connectivity index (χ0n) is 18.3. The van der Waals surface area contributed by atoms with Crippen molar-refractivity contribution in [1.82, 2.24) is 4.31 Å². The van der Waals surface area contributed by atoms with Crippen molar-refractivity contribution in [1.29, 1.82) is 0 Å². The number of Topliss-reactive ketones (excluding diaryl/α,β-unsaturated/α-hetero) is 1. The number of nitrogens with one attached hydrogen (secondary N) is 1. The van der Waals surface area contributed by atoms with Crippen LogP contribution in [0.2, 0.25) is 5.02 Å². The van der Waals surface area contributed by atoms with Crippen LogP contribution in [-0.4, -0.2) is 49.6 Å². The molecule has 3 rings (SSSR count). The minimum Gasteiger partial charge on any atom is -0.454 e. The van der Waals surface area contributed by atoms with Crippen LogP contribution in [0.3, 0.4) is 0 Å². The number of hydrogen-bond donors (Lipinski definition) is 1. The molecule has 0 radical (unpaired) electrons. The Morgan fingerprint density at radius 3 is 2.15 bits per heavy atom. The predicted molar refractivity (Wildman–Crippen MR) is 124 cm³/mol. The average molecular weight is 493 g/mol. The van der Waals surface area contributed by atoms with E-state index in [4.69, 9.17) is 16.3 Å². The van der Waals surface area contributed by atoms with Gasteiger partial charge < -0.3 is 10.1 Å². The maximum Gasteiger partial charge on any atom is 0.309 e. The van der Waals surface area contributed by atoms with E-state index in [2.05, 4.69) is 5.32 Å². The second-order valence-electron chi connectivity index (χ2n) is 7.83. The zero-order valence-corrected chi connectivity index (χ0v) is 19.9. The number of amides is 1. The quantitative estimate of drug-likeness (QED) is 0.468. The molecule has 0 aliphatic carbocycles. The molecule has 2 aromatic carbocycles. The van der Waals surface area contributed by atoms with Crippen LogP contribution in [0.5, 0.6) is 0 Å². The van der Waals surface area contributed by atoms with Gasteiger partial charge in [0.1, 0.15) is 0 Å². The maximum absolute atomic E-state index is 12.8. The zero-order chi connectivity index (χ0) is 24.2. The Hall–Kier alpha value is -2.75. The third kappa shape index (κ3) is 6.19. The molecule has 1 saturated heterocycles. The Bertz CT molecular complexity index is 1120. The Morgan fingerprint density at radius 2 is 1.61 bits per heavy atom. The van der Waals surface area contributed by atoms with Gasteiger partial charge in [-0.05, 0) is 68.3 Å². The first-order chi connectivity index (χ1) is 15.6. The first-order valence-corrected chi connectivity index (χ1v) is 12.3. The van der Waals surface area contributed by atoms with Crippen molar-refractivity contribution >= 4 is 45.0 Å². The topological polar surface area (TPSA) is 110 Å². The fourth-order valence-electron chi connectivity index (χ4n) is 3.57. The predicted octanol–water partition coefficient (Wildman–Crippen LogP) is 3.51. The summed E-state index contributed by atoms with van der Waals surface area (Å²) in [4.78, 5) is 36.4. The number of carbonyl (C=O) groups is 3. The third-order valence-corrected chi connectivity index (χ3v) is 7.56. The number of hydrogen-bond acceptors (Lipinski definition) is 6. The number of halogens is 1. The van der Waals surface area contributed by atoms with E-state index in [1.807, 2.05) is 0 Å². The molecular formula is C23H25ClN2O6S. The monoisotopic (exact) mass is 492 g/mol. The van der Waals surface area contributed by atoms with Crippen LogP contribution in [0.1, 0.15) is 37.0 Å². The van der Waals surface area contributed by atoms with Gasteiger partial charge >= 0.3 is 5.97 Å². The highest BCUT2D eigenvalue weighted by atomic mass is 35.5. The number of piperidine rings is 1. The molecule has 2 aromatic rings. The Labute approximate surface area is 197 Å². The molecule has 33 heavy (non-hydrogen) atoms. The summed E-state index contributed by atoms with van der Waals surface area (Å²) < 4.78 is 32.3. The molecule has 1 heterocycles. The second kappa shape index (κ2) is 10.5. The first kappa shape index (κ1) is 24.9. The minimum atomic E-state index is -3.67. The van der Waals surface area contributed by atoms with Crippen molar-refractivity contribution in [3.05, 3.63) is 59.1 Å². The summed E-state index contributed by atoms with van der Waals surface area (Å²) in [6.45, 7) is 3.25. The molecule has 1 unspecified atom stereocenters. The van der Waals surface area contributed by atoms with Gasteiger partial charge in [0.25, 0.3) is 0 Å². The Balaban J connectivity index is 1.54. The van der Waals surface area contributed by atoms with Gasteiger partial charge in [-0.1, -0.05) is 11.6 Å². The third-order valence-electron chi connectivity index (χ3n) is 5.39. The number of ether oxygens (including phenoxy) is 1. The van der Waals surface area contributed by atoms with Gasteiger partial charge in [-0.15, -0.1) is 0 Å². The maximum atomic E-state index is 12.8. The normalized spacial score (nSPS) is 16.1. The second-order valence-corrected chi connectivity index (χ2v) is 10.2. The van der Waals surface area contributed by atoms with Crippen molar-refractivity contribution in [2.45, 2.75) is 37.7 Å². The number of ketones is 1. The van der Waals surface area contributed by atoms with Gasteiger partial charge in [-0.3, -0.25) is 14.4 Å². The van der Waals surface area contributed by atoms with Crippen molar-refractivity contribution in [3.8, 4) is 0 Å². The van der Waals surface area contributed by atoms with Gasteiger partial charge in [0.15, 0.2) is 6.10 Å². The number of carbonyl (C=O) groups excluding carboxylic acids is 3. The van der Waals surface area contributed by atoms with Gasteiger partial charge in [-0.25, -0.2) is 8.42 Å². The van der Waals surface area contributed by atoms with Crippen LogP contribution in [-0.2, 0) is 24.3 Å². The van der Waals surface area contributed by atoms with E-state index < -0.39 is 28.0 Å². The molecule has 1 atom stereocenters. The van der Waals surface area contributed by atoms with E-state index in [1.165, 1.54) is 42.4 Å². The molecule has 176 valence electrons. The molecule has 0 aromatic heterocycles. The van der Waals surface area contributed by atoms with Crippen LogP contribution in [0.15, 0.2) is 53.4 Å². The summed E-state index contributed by atoms with van der Waals surface area (Å²) in [6, 6.07) is 12.2. The van der Waals surface area contributed by atoms with Gasteiger partial charge in [0, 0.05) is 36.3 Å². The summed E-state index contributed by atoms with van der Waals surface area (Å²) in [5, 5.41) is 3.06. The number of anilines is 1. The molecule has 10 heteroatoms.